The summed E-state index contributed by atoms with van der Waals surface area (Å²) in [5, 5.41) is 0. The molecule has 3 aromatic rings. The highest BCUT2D eigenvalue weighted by Crippen LogP contribution is 2.31. The highest BCUT2D eigenvalue weighted by atomic mass is 16.2. The molecule has 4 rings (SSSR count). The van der Waals surface area contributed by atoms with Crippen molar-refractivity contribution in [1.82, 2.24) is 18.7 Å². The van der Waals surface area contributed by atoms with Crippen LogP contribution in [0.5, 0.6) is 0 Å². The van der Waals surface area contributed by atoms with Gasteiger partial charge in [-0.15, -0.1) is 0 Å². The molecule has 1 aliphatic heterocycles. The number of benzene rings is 1. The first-order valence-electron chi connectivity index (χ1n) is 9.07. The molecule has 0 aliphatic carbocycles. The number of hydrogen-bond acceptors (Lipinski definition) is 4. The first-order valence-corrected chi connectivity index (χ1v) is 9.07. The van der Waals surface area contributed by atoms with Crippen LogP contribution >= 0.6 is 0 Å². The van der Waals surface area contributed by atoms with Gasteiger partial charge in [-0.05, 0) is 25.5 Å². The number of imidazole rings is 1. The minimum atomic E-state index is -0.297. The average molecular weight is 353 g/mol. The zero-order valence-corrected chi connectivity index (χ0v) is 15.4. The highest BCUT2D eigenvalue weighted by molar-refractivity contribution is 5.77. The lowest BCUT2D eigenvalue weighted by molar-refractivity contribution is 0.564. The van der Waals surface area contributed by atoms with E-state index >= 15 is 0 Å². The van der Waals surface area contributed by atoms with Crippen LogP contribution in [0.2, 0.25) is 0 Å². The molecule has 0 amide bonds. The number of hydrogen-bond donors (Lipinski definition) is 0. The van der Waals surface area contributed by atoms with Crippen molar-refractivity contribution < 1.29 is 0 Å². The molecule has 0 saturated heterocycles. The summed E-state index contributed by atoms with van der Waals surface area (Å²) in [5.74, 6) is 0.726. The molecule has 0 radical (unpaired) electrons. The van der Waals surface area contributed by atoms with Gasteiger partial charge in [-0.1, -0.05) is 31.0 Å². The SMILES string of the molecule is CCCCn1c(=O)c2c(nc3n2CCN3c2ccc(C)cc2)n(C)c1=O. The summed E-state index contributed by atoms with van der Waals surface area (Å²) in [5.41, 5.74) is 2.69. The second-order valence-corrected chi connectivity index (χ2v) is 6.87. The molecule has 26 heavy (non-hydrogen) atoms. The van der Waals surface area contributed by atoms with Gasteiger partial charge in [0, 0.05) is 32.4 Å². The second kappa shape index (κ2) is 6.16. The molecule has 2 aromatic heterocycles. The van der Waals surface area contributed by atoms with Crippen LogP contribution in [0, 0.1) is 6.92 Å². The molecule has 1 aromatic carbocycles. The predicted octanol–water partition coefficient (Wildman–Crippen LogP) is 2.16. The molecule has 0 atom stereocenters. The highest BCUT2D eigenvalue weighted by Gasteiger charge is 2.28. The Morgan fingerprint density at radius 1 is 1.12 bits per heavy atom. The number of nitrogens with zero attached hydrogens (tertiary/aromatic N) is 5. The Morgan fingerprint density at radius 3 is 2.54 bits per heavy atom. The number of aryl methyl sites for hydroxylation is 2. The monoisotopic (exact) mass is 353 g/mol. The van der Waals surface area contributed by atoms with Crippen LogP contribution in [-0.4, -0.2) is 25.2 Å². The van der Waals surface area contributed by atoms with Crippen LogP contribution in [0.4, 0.5) is 11.6 Å². The van der Waals surface area contributed by atoms with Crippen molar-refractivity contribution in [3.8, 4) is 0 Å². The van der Waals surface area contributed by atoms with Gasteiger partial charge >= 0.3 is 5.69 Å². The third-order valence-electron chi connectivity index (χ3n) is 5.08. The summed E-state index contributed by atoms with van der Waals surface area (Å²) >= 11 is 0. The predicted molar refractivity (Wildman–Crippen MR) is 102 cm³/mol. The first-order chi connectivity index (χ1) is 12.5. The lowest BCUT2D eigenvalue weighted by Crippen LogP contribution is -2.39. The van der Waals surface area contributed by atoms with Gasteiger partial charge < -0.3 is 9.47 Å². The lowest BCUT2D eigenvalue weighted by atomic mass is 10.2. The Morgan fingerprint density at radius 2 is 1.85 bits per heavy atom. The largest absolute Gasteiger partial charge is 0.332 e. The third-order valence-corrected chi connectivity index (χ3v) is 5.08. The molecular formula is C19H23N5O2. The van der Waals surface area contributed by atoms with E-state index in [1.54, 1.807) is 7.05 Å². The number of aromatic nitrogens is 4. The van der Waals surface area contributed by atoms with Crippen LogP contribution < -0.4 is 16.1 Å². The molecule has 0 bridgehead atoms. The number of anilines is 2. The molecule has 3 heterocycles. The number of rotatable bonds is 4. The molecule has 0 unspecified atom stereocenters. The zero-order valence-electron chi connectivity index (χ0n) is 15.4. The Labute approximate surface area is 151 Å². The van der Waals surface area contributed by atoms with E-state index in [-0.39, 0.29) is 11.2 Å². The summed E-state index contributed by atoms with van der Waals surface area (Å²) in [7, 11) is 1.69. The van der Waals surface area contributed by atoms with Crippen molar-refractivity contribution in [3.05, 3.63) is 50.7 Å². The van der Waals surface area contributed by atoms with Gasteiger partial charge in [0.25, 0.3) is 5.56 Å². The molecule has 1 aliphatic rings. The number of unbranched alkanes of at least 4 members (excludes halogenated alkanes) is 1. The molecule has 0 saturated carbocycles. The quantitative estimate of drug-likeness (QED) is 0.721. The van der Waals surface area contributed by atoms with Crippen LogP contribution in [0.25, 0.3) is 11.2 Å². The summed E-state index contributed by atoms with van der Waals surface area (Å²) < 4.78 is 4.78. The van der Waals surface area contributed by atoms with Crippen LogP contribution in [-0.2, 0) is 20.1 Å². The van der Waals surface area contributed by atoms with Gasteiger partial charge in [0.15, 0.2) is 11.2 Å². The smallest absolute Gasteiger partial charge is 0.310 e. The van der Waals surface area contributed by atoms with Gasteiger partial charge in [0.2, 0.25) is 5.95 Å². The maximum Gasteiger partial charge on any atom is 0.332 e. The van der Waals surface area contributed by atoms with Crippen LogP contribution in [0.3, 0.4) is 0 Å². The summed E-state index contributed by atoms with van der Waals surface area (Å²) in [6, 6.07) is 8.24. The van der Waals surface area contributed by atoms with Crippen molar-refractivity contribution in [2.75, 3.05) is 11.4 Å². The first kappa shape index (κ1) is 16.6. The van der Waals surface area contributed by atoms with E-state index in [2.05, 4.69) is 41.1 Å². The molecular weight excluding hydrogens is 330 g/mol. The minimum Gasteiger partial charge on any atom is -0.310 e. The third kappa shape index (κ3) is 2.38. The van der Waals surface area contributed by atoms with Gasteiger partial charge in [-0.2, -0.15) is 4.98 Å². The summed E-state index contributed by atoms with van der Waals surface area (Å²) in [6.45, 7) is 5.99. The topological polar surface area (TPSA) is 65.1 Å². The van der Waals surface area contributed by atoms with Gasteiger partial charge in [0.05, 0.1) is 0 Å². The molecule has 0 N–H and O–H groups in total. The van der Waals surface area contributed by atoms with Crippen molar-refractivity contribution in [2.24, 2.45) is 7.05 Å². The van der Waals surface area contributed by atoms with E-state index in [4.69, 9.17) is 0 Å². The van der Waals surface area contributed by atoms with E-state index in [1.807, 2.05) is 11.5 Å². The van der Waals surface area contributed by atoms with E-state index in [0.29, 0.717) is 24.3 Å². The molecule has 7 nitrogen and oxygen atoms in total. The van der Waals surface area contributed by atoms with Crippen molar-refractivity contribution in [3.63, 3.8) is 0 Å². The van der Waals surface area contributed by atoms with Gasteiger partial charge in [-0.3, -0.25) is 13.9 Å². The second-order valence-electron chi connectivity index (χ2n) is 6.87. The van der Waals surface area contributed by atoms with Crippen molar-refractivity contribution in [2.45, 2.75) is 39.8 Å². The maximum absolute atomic E-state index is 13.0. The van der Waals surface area contributed by atoms with E-state index in [1.165, 1.54) is 14.7 Å². The molecule has 7 heteroatoms. The van der Waals surface area contributed by atoms with Crippen molar-refractivity contribution >= 4 is 22.8 Å². The lowest BCUT2D eigenvalue weighted by Gasteiger charge is -2.16. The van der Waals surface area contributed by atoms with Gasteiger partial charge in [0.1, 0.15) is 0 Å². The zero-order chi connectivity index (χ0) is 18.4. The van der Waals surface area contributed by atoms with Crippen LogP contribution in [0.1, 0.15) is 25.3 Å². The molecule has 0 spiro atoms. The molecule has 0 fully saturated rings. The van der Waals surface area contributed by atoms with E-state index < -0.39 is 0 Å². The minimum absolute atomic E-state index is 0.235. The Hall–Kier alpha value is -2.83. The maximum atomic E-state index is 13.0. The Balaban J connectivity index is 1.91. The fraction of sp³-hybridized carbons (Fsp3) is 0.421. The normalized spacial score (nSPS) is 13.6. The fourth-order valence-electron chi connectivity index (χ4n) is 3.56. The molecule has 136 valence electrons. The standard InChI is InChI=1S/C19H23N5O2/c1-4-5-10-24-17(25)15-16(21(3)19(24)26)20-18-22(11-12-23(15)18)14-8-6-13(2)7-9-14/h6-9H,4-5,10-12H2,1-3H3. The van der Waals surface area contributed by atoms with Crippen molar-refractivity contribution in [1.29, 1.82) is 0 Å². The summed E-state index contributed by atoms with van der Waals surface area (Å²) in [4.78, 5) is 32.3. The summed E-state index contributed by atoms with van der Waals surface area (Å²) in [6.07, 6.45) is 1.73. The Bertz CT molecular complexity index is 1090. The fourth-order valence-corrected chi connectivity index (χ4v) is 3.56. The average Bonchev–Trinajstić information content (AvgIpc) is 3.20. The van der Waals surface area contributed by atoms with E-state index in [0.717, 1.165) is 31.0 Å². The van der Waals surface area contributed by atoms with Crippen LogP contribution in [0.15, 0.2) is 33.9 Å². The Kier molecular flexibility index (Phi) is 3.94. The van der Waals surface area contributed by atoms with Gasteiger partial charge in [-0.25, -0.2) is 4.79 Å². The number of fused-ring (bicyclic) bond motifs is 3. The van der Waals surface area contributed by atoms with E-state index in [9.17, 15) is 9.59 Å².